The van der Waals surface area contributed by atoms with Crippen molar-refractivity contribution in [3.63, 3.8) is 0 Å². The van der Waals surface area contributed by atoms with E-state index < -0.39 is 30.1 Å². The molecular formula is C23H22N4O8. The molecule has 2 saturated heterocycles. The zero-order chi connectivity index (χ0) is 24.4. The van der Waals surface area contributed by atoms with Crippen molar-refractivity contribution >= 4 is 23.2 Å². The van der Waals surface area contributed by atoms with Gasteiger partial charge in [0.15, 0.2) is 12.3 Å². The average molecular weight is 482 g/mol. The summed E-state index contributed by atoms with van der Waals surface area (Å²) in [6, 6.07) is 12.8. The minimum absolute atomic E-state index is 0.0327. The Labute approximate surface area is 198 Å². The lowest BCUT2D eigenvalue weighted by atomic mass is 9.99. The van der Waals surface area contributed by atoms with Crippen LogP contribution in [0.25, 0.3) is 11.0 Å². The van der Waals surface area contributed by atoms with Crippen LogP contribution in [0.4, 0.5) is 9.59 Å². The number of amides is 2. The SMILES string of the molecule is Cc1c(Cc2ccccc2)c(=O)oc2cc(OCC3NOC(=O)N3)cc(OCC3NOC(=O)N3)c12. The highest BCUT2D eigenvalue weighted by atomic mass is 16.7. The van der Waals surface area contributed by atoms with Crippen LogP contribution in [0.3, 0.4) is 0 Å². The molecule has 2 unspecified atom stereocenters. The fourth-order valence-electron chi connectivity index (χ4n) is 3.84. The highest BCUT2D eigenvalue weighted by molar-refractivity contribution is 5.89. The molecule has 2 fully saturated rings. The van der Waals surface area contributed by atoms with Gasteiger partial charge in [0.1, 0.15) is 30.3 Å². The maximum atomic E-state index is 12.9. The Hall–Kier alpha value is -4.29. The zero-order valence-corrected chi connectivity index (χ0v) is 18.6. The fourth-order valence-corrected chi connectivity index (χ4v) is 3.84. The van der Waals surface area contributed by atoms with Gasteiger partial charge in [0.2, 0.25) is 0 Å². The van der Waals surface area contributed by atoms with Crippen LogP contribution < -0.4 is 36.7 Å². The van der Waals surface area contributed by atoms with Crippen LogP contribution in [0.5, 0.6) is 11.5 Å². The molecule has 2 aromatic carbocycles. The molecule has 182 valence electrons. The Morgan fingerprint density at radius 2 is 1.54 bits per heavy atom. The number of benzene rings is 2. The van der Waals surface area contributed by atoms with Gasteiger partial charge in [-0.25, -0.2) is 14.4 Å². The van der Waals surface area contributed by atoms with E-state index in [9.17, 15) is 14.4 Å². The lowest BCUT2D eigenvalue weighted by Crippen LogP contribution is -2.37. The average Bonchev–Trinajstić information content (AvgIpc) is 3.46. The Bertz CT molecular complexity index is 1330. The molecule has 3 aromatic rings. The van der Waals surface area contributed by atoms with Gasteiger partial charge in [-0.05, 0) is 18.1 Å². The molecule has 3 heterocycles. The molecule has 0 aliphatic carbocycles. The number of fused-ring (bicyclic) bond motifs is 1. The molecule has 2 aliphatic rings. The van der Waals surface area contributed by atoms with Gasteiger partial charge in [-0.1, -0.05) is 30.3 Å². The van der Waals surface area contributed by atoms with Crippen LogP contribution in [0.1, 0.15) is 16.7 Å². The van der Waals surface area contributed by atoms with Crippen LogP contribution in [0.2, 0.25) is 0 Å². The first-order valence-electron chi connectivity index (χ1n) is 10.8. The Balaban J connectivity index is 1.48. The van der Waals surface area contributed by atoms with E-state index in [1.165, 1.54) is 0 Å². The molecule has 35 heavy (non-hydrogen) atoms. The second-order valence-electron chi connectivity index (χ2n) is 7.98. The van der Waals surface area contributed by atoms with Crippen LogP contribution in [0, 0.1) is 6.92 Å². The largest absolute Gasteiger partial charge is 0.490 e. The summed E-state index contributed by atoms with van der Waals surface area (Å²) in [6.45, 7) is 1.91. The van der Waals surface area contributed by atoms with E-state index >= 15 is 0 Å². The van der Waals surface area contributed by atoms with Gasteiger partial charge in [0, 0.05) is 24.1 Å². The third-order valence-corrected chi connectivity index (χ3v) is 5.53. The third-order valence-electron chi connectivity index (χ3n) is 5.53. The number of carbonyl (C=O) groups excluding carboxylic acids is 2. The molecule has 0 radical (unpaired) electrons. The molecule has 4 N–H and O–H groups in total. The third kappa shape index (κ3) is 4.98. The highest BCUT2D eigenvalue weighted by Crippen LogP contribution is 2.35. The van der Waals surface area contributed by atoms with E-state index in [-0.39, 0.29) is 18.8 Å². The molecule has 12 nitrogen and oxygen atoms in total. The lowest BCUT2D eigenvalue weighted by Gasteiger charge is -2.17. The second kappa shape index (κ2) is 9.52. The minimum Gasteiger partial charge on any atom is -0.490 e. The molecule has 2 amide bonds. The molecule has 1 aromatic heterocycles. The van der Waals surface area contributed by atoms with Gasteiger partial charge in [-0.2, -0.15) is 0 Å². The van der Waals surface area contributed by atoms with Gasteiger partial charge < -0.3 is 23.6 Å². The summed E-state index contributed by atoms with van der Waals surface area (Å²) in [5, 5.41) is 5.68. The summed E-state index contributed by atoms with van der Waals surface area (Å²) in [7, 11) is 0. The fraction of sp³-hybridized carbons (Fsp3) is 0.261. The summed E-state index contributed by atoms with van der Waals surface area (Å²) in [4.78, 5) is 44.7. The van der Waals surface area contributed by atoms with E-state index in [2.05, 4.69) is 31.3 Å². The molecule has 0 saturated carbocycles. The van der Waals surface area contributed by atoms with E-state index in [1.54, 1.807) is 12.1 Å². The summed E-state index contributed by atoms with van der Waals surface area (Å²) >= 11 is 0. The lowest BCUT2D eigenvalue weighted by molar-refractivity contribution is 0.110. The number of aryl methyl sites for hydroxylation is 1. The number of carbonyl (C=O) groups is 2. The summed E-state index contributed by atoms with van der Waals surface area (Å²) in [5.41, 5.74) is 7.01. The Morgan fingerprint density at radius 1 is 0.886 bits per heavy atom. The zero-order valence-electron chi connectivity index (χ0n) is 18.6. The maximum Gasteiger partial charge on any atom is 0.427 e. The van der Waals surface area contributed by atoms with E-state index in [4.69, 9.17) is 13.9 Å². The summed E-state index contributed by atoms with van der Waals surface area (Å²) in [5.74, 6) is 0.726. The molecule has 0 bridgehead atoms. The van der Waals surface area contributed by atoms with Crippen molar-refractivity contribution in [1.29, 1.82) is 0 Å². The number of hydroxylamine groups is 2. The molecule has 12 heteroatoms. The van der Waals surface area contributed by atoms with Crippen molar-refractivity contribution in [3.8, 4) is 11.5 Å². The van der Waals surface area contributed by atoms with Crippen molar-refractivity contribution in [3.05, 3.63) is 69.6 Å². The summed E-state index contributed by atoms with van der Waals surface area (Å²) in [6.07, 6.45) is -1.95. The van der Waals surface area contributed by atoms with Gasteiger partial charge in [-0.15, -0.1) is 11.0 Å². The number of nitrogens with one attached hydrogen (secondary N) is 4. The number of hydrogen-bond donors (Lipinski definition) is 4. The summed E-state index contributed by atoms with van der Waals surface area (Å²) < 4.78 is 17.4. The van der Waals surface area contributed by atoms with Crippen molar-refractivity contribution in [2.75, 3.05) is 13.2 Å². The van der Waals surface area contributed by atoms with E-state index in [0.29, 0.717) is 34.4 Å². The predicted molar refractivity (Wildman–Crippen MR) is 121 cm³/mol. The van der Waals surface area contributed by atoms with Crippen molar-refractivity contribution < 1.29 is 33.2 Å². The number of hydrogen-bond acceptors (Lipinski definition) is 10. The van der Waals surface area contributed by atoms with Crippen LogP contribution in [-0.4, -0.2) is 37.7 Å². The van der Waals surface area contributed by atoms with Crippen molar-refractivity contribution in [2.24, 2.45) is 0 Å². The first-order chi connectivity index (χ1) is 17.0. The second-order valence-corrected chi connectivity index (χ2v) is 7.98. The van der Waals surface area contributed by atoms with Gasteiger partial charge in [0.25, 0.3) is 0 Å². The smallest absolute Gasteiger partial charge is 0.427 e. The van der Waals surface area contributed by atoms with Crippen molar-refractivity contribution in [1.82, 2.24) is 21.6 Å². The number of ether oxygens (including phenoxy) is 2. The van der Waals surface area contributed by atoms with Crippen molar-refractivity contribution in [2.45, 2.75) is 25.7 Å². The monoisotopic (exact) mass is 482 g/mol. The first-order valence-corrected chi connectivity index (χ1v) is 10.8. The Morgan fingerprint density at radius 3 is 2.17 bits per heavy atom. The number of rotatable bonds is 8. The molecule has 5 rings (SSSR count). The maximum absolute atomic E-state index is 12.9. The van der Waals surface area contributed by atoms with Crippen LogP contribution in [-0.2, 0) is 16.1 Å². The first kappa shape index (κ1) is 22.5. The molecule has 2 aliphatic heterocycles. The quantitative estimate of drug-likeness (QED) is 0.349. The van der Waals surface area contributed by atoms with Gasteiger partial charge >= 0.3 is 17.8 Å². The standard InChI is InChI=1S/C23H22N4O8/c1-12-15(7-13-5-3-2-4-6-13)21(28)33-17-9-14(31-10-18-24-22(29)34-26-18)8-16(20(12)17)32-11-19-25-23(30)35-27-19/h2-6,8-9,18-19,26-27H,7,10-11H2,1H3,(H,24,29)(H,25,30). The topological polar surface area (TPSA) is 149 Å². The van der Waals surface area contributed by atoms with Gasteiger partial charge in [0.05, 0.1) is 5.39 Å². The van der Waals surface area contributed by atoms with Gasteiger partial charge in [-0.3, -0.25) is 10.6 Å². The predicted octanol–water partition coefficient (Wildman–Crippen LogP) is 1.59. The molecule has 0 spiro atoms. The molecular weight excluding hydrogens is 460 g/mol. The van der Waals surface area contributed by atoms with Crippen LogP contribution >= 0.6 is 0 Å². The van der Waals surface area contributed by atoms with Crippen LogP contribution in [0.15, 0.2) is 51.7 Å². The Kier molecular flexibility index (Phi) is 6.12. The highest BCUT2D eigenvalue weighted by Gasteiger charge is 2.25. The minimum atomic E-state index is -0.610. The van der Waals surface area contributed by atoms with E-state index in [0.717, 1.165) is 5.56 Å². The molecule has 2 atom stereocenters. The normalized spacial score (nSPS) is 19.1. The van der Waals surface area contributed by atoms with E-state index in [1.807, 2.05) is 37.3 Å².